The smallest absolute Gasteiger partial charge is 0.243 e. The second kappa shape index (κ2) is 11.9. The minimum absolute atomic E-state index is 0.0291. The summed E-state index contributed by atoms with van der Waals surface area (Å²) in [5, 5.41) is 3.65. The summed E-state index contributed by atoms with van der Waals surface area (Å²) in [6.45, 7) is 6.22. The van der Waals surface area contributed by atoms with Crippen LogP contribution in [0.1, 0.15) is 38.3 Å². The fourth-order valence-electron chi connectivity index (χ4n) is 3.00. The van der Waals surface area contributed by atoms with Gasteiger partial charge in [-0.2, -0.15) is 0 Å². The van der Waals surface area contributed by atoms with Crippen molar-refractivity contribution in [3.63, 3.8) is 0 Å². The Labute approximate surface area is 183 Å². The van der Waals surface area contributed by atoms with E-state index in [0.717, 1.165) is 16.9 Å². The lowest BCUT2D eigenvalue weighted by Gasteiger charge is -2.31. The van der Waals surface area contributed by atoms with Gasteiger partial charge in [0.15, 0.2) is 0 Å². The Morgan fingerprint density at radius 3 is 2.28 bits per heavy atom. The largest absolute Gasteiger partial charge is 0.352 e. The minimum Gasteiger partial charge on any atom is -0.352 e. The molecule has 0 saturated heterocycles. The lowest BCUT2D eigenvalue weighted by molar-refractivity contribution is -0.139. The summed E-state index contributed by atoms with van der Waals surface area (Å²) in [4.78, 5) is 27.5. The molecule has 2 aromatic carbocycles. The number of thioether (sulfide) groups is 1. The molecule has 0 saturated carbocycles. The van der Waals surface area contributed by atoms with E-state index in [1.54, 1.807) is 16.7 Å². The number of hydrogen-bond donors (Lipinski definition) is 1. The number of nitrogens with zero attached hydrogens (tertiary/aromatic N) is 1. The van der Waals surface area contributed by atoms with Crippen LogP contribution in [0.15, 0.2) is 54.6 Å². The van der Waals surface area contributed by atoms with Crippen molar-refractivity contribution < 1.29 is 9.59 Å². The van der Waals surface area contributed by atoms with Crippen molar-refractivity contribution in [1.29, 1.82) is 0 Å². The highest BCUT2D eigenvalue weighted by Gasteiger charge is 2.28. The van der Waals surface area contributed by atoms with Gasteiger partial charge in [-0.15, -0.1) is 11.8 Å². The number of carbonyl (C=O) groups excluding carboxylic acids is 2. The van der Waals surface area contributed by atoms with Crippen molar-refractivity contribution in [2.45, 2.75) is 51.6 Å². The van der Waals surface area contributed by atoms with E-state index in [-0.39, 0.29) is 17.9 Å². The number of nitrogens with one attached hydrogen (secondary N) is 1. The van der Waals surface area contributed by atoms with E-state index in [0.29, 0.717) is 23.7 Å². The number of amides is 2. The number of halogens is 1. The molecule has 2 rings (SSSR count). The molecule has 0 radical (unpaired) electrons. The predicted octanol–water partition coefficient (Wildman–Crippen LogP) is 4.91. The quantitative estimate of drug-likeness (QED) is 0.580. The fourth-order valence-corrected chi connectivity index (χ4v) is 4.00. The Balaban J connectivity index is 2.08. The zero-order valence-electron chi connectivity index (χ0n) is 17.2. The van der Waals surface area contributed by atoms with E-state index >= 15 is 0 Å². The Bertz CT molecular complexity index is 781. The lowest BCUT2D eigenvalue weighted by atomic mass is 10.1. The first kappa shape index (κ1) is 23.3. The van der Waals surface area contributed by atoms with Crippen molar-refractivity contribution in [2.75, 3.05) is 5.75 Å². The average Bonchev–Trinajstić information content (AvgIpc) is 2.69. The maximum absolute atomic E-state index is 13.1. The molecule has 4 nitrogen and oxygen atoms in total. The van der Waals surface area contributed by atoms with Gasteiger partial charge < -0.3 is 10.2 Å². The summed E-state index contributed by atoms with van der Waals surface area (Å²) < 4.78 is 0. The van der Waals surface area contributed by atoms with Crippen molar-refractivity contribution in [2.24, 2.45) is 0 Å². The maximum Gasteiger partial charge on any atom is 0.243 e. The third kappa shape index (κ3) is 7.75. The third-order valence-corrected chi connectivity index (χ3v) is 5.66. The number of rotatable bonds is 10. The van der Waals surface area contributed by atoms with Gasteiger partial charge in [0.25, 0.3) is 0 Å². The molecule has 29 heavy (non-hydrogen) atoms. The van der Waals surface area contributed by atoms with Gasteiger partial charge in [-0.3, -0.25) is 9.59 Å². The fraction of sp³-hybridized carbons (Fsp3) is 0.391. The average molecular weight is 433 g/mol. The summed E-state index contributed by atoms with van der Waals surface area (Å²) in [6.07, 6.45) is 0.568. The summed E-state index contributed by atoms with van der Waals surface area (Å²) >= 11 is 7.47. The molecular formula is C23H29ClN2O2S. The van der Waals surface area contributed by atoms with Gasteiger partial charge in [-0.05, 0) is 43.5 Å². The van der Waals surface area contributed by atoms with Gasteiger partial charge in [-0.1, -0.05) is 61.0 Å². The molecule has 6 heteroatoms. The second-order valence-electron chi connectivity index (χ2n) is 7.21. The highest BCUT2D eigenvalue weighted by molar-refractivity contribution is 7.99. The molecule has 0 bridgehead atoms. The summed E-state index contributed by atoms with van der Waals surface area (Å²) in [5.41, 5.74) is 2.13. The van der Waals surface area contributed by atoms with E-state index in [1.165, 1.54) is 0 Å². The standard InChI is InChI=1S/C23H29ClN2O2S/c1-4-21(23(28)25-17(2)3)26(14-18-8-6-5-7-9-18)22(27)16-29-15-19-10-12-20(24)13-11-19/h5-13,17,21H,4,14-16H2,1-3H3,(H,25,28). The summed E-state index contributed by atoms with van der Waals surface area (Å²) in [7, 11) is 0. The molecule has 0 fully saturated rings. The number of hydrogen-bond acceptors (Lipinski definition) is 3. The van der Waals surface area contributed by atoms with Gasteiger partial charge in [-0.25, -0.2) is 0 Å². The molecule has 1 N–H and O–H groups in total. The molecule has 0 aromatic heterocycles. The van der Waals surface area contributed by atoms with Gasteiger partial charge in [0, 0.05) is 23.4 Å². The van der Waals surface area contributed by atoms with Gasteiger partial charge >= 0.3 is 0 Å². The maximum atomic E-state index is 13.1. The van der Waals surface area contributed by atoms with Gasteiger partial charge in [0.1, 0.15) is 6.04 Å². The van der Waals surface area contributed by atoms with Crippen LogP contribution in [0.4, 0.5) is 0 Å². The Morgan fingerprint density at radius 2 is 1.69 bits per heavy atom. The van der Waals surface area contributed by atoms with Crippen LogP contribution in [-0.4, -0.2) is 34.6 Å². The van der Waals surface area contributed by atoms with E-state index in [4.69, 9.17) is 11.6 Å². The van der Waals surface area contributed by atoms with Crippen LogP contribution in [0.3, 0.4) is 0 Å². The summed E-state index contributed by atoms with van der Waals surface area (Å²) in [5.74, 6) is 0.908. The Hall–Kier alpha value is -1.98. The van der Waals surface area contributed by atoms with Gasteiger partial charge in [0.05, 0.1) is 5.75 Å². The molecule has 0 aliphatic carbocycles. The van der Waals surface area contributed by atoms with E-state index in [9.17, 15) is 9.59 Å². The molecule has 1 unspecified atom stereocenters. The molecular weight excluding hydrogens is 404 g/mol. The van der Waals surface area contributed by atoms with Gasteiger partial charge in [0.2, 0.25) is 11.8 Å². The minimum atomic E-state index is -0.485. The van der Waals surface area contributed by atoms with E-state index in [2.05, 4.69) is 5.32 Å². The first-order valence-electron chi connectivity index (χ1n) is 9.86. The van der Waals surface area contributed by atoms with Crippen LogP contribution in [-0.2, 0) is 21.9 Å². The molecule has 1 atom stereocenters. The highest BCUT2D eigenvalue weighted by Crippen LogP contribution is 2.18. The van der Waals surface area contributed by atoms with Crippen LogP contribution in [0.25, 0.3) is 0 Å². The summed E-state index contributed by atoms with van der Waals surface area (Å²) in [6, 6.07) is 17.0. The molecule has 0 heterocycles. The Morgan fingerprint density at radius 1 is 1.03 bits per heavy atom. The van der Waals surface area contributed by atoms with Crippen LogP contribution in [0, 0.1) is 0 Å². The molecule has 0 aliphatic heterocycles. The molecule has 156 valence electrons. The lowest BCUT2D eigenvalue weighted by Crippen LogP contribution is -2.50. The first-order chi connectivity index (χ1) is 13.9. The highest BCUT2D eigenvalue weighted by atomic mass is 35.5. The van der Waals surface area contributed by atoms with Crippen molar-refractivity contribution in [3.8, 4) is 0 Å². The van der Waals surface area contributed by atoms with Crippen LogP contribution >= 0.6 is 23.4 Å². The number of benzene rings is 2. The normalized spacial score (nSPS) is 11.9. The van der Waals surface area contributed by atoms with Crippen LogP contribution in [0.5, 0.6) is 0 Å². The SMILES string of the molecule is CCC(C(=O)NC(C)C)N(Cc1ccccc1)C(=O)CSCc1ccc(Cl)cc1. The first-order valence-corrected chi connectivity index (χ1v) is 11.4. The second-order valence-corrected chi connectivity index (χ2v) is 8.64. The van der Waals surface area contributed by atoms with Crippen molar-refractivity contribution >= 4 is 35.2 Å². The van der Waals surface area contributed by atoms with Crippen molar-refractivity contribution in [3.05, 3.63) is 70.7 Å². The Kier molecular flexibility index (Phi) is 9.55. The zero-order valence-corrected chi connectivity index (χ0v) is 18.8. The van der Waals surface area contributed by atoms with Crippen molar-refractivity contribution in [1.82, 2.24) is 10.2 Å². The molecule has 0 spiro atoms. The predicted molar refractivity (Wildman–Crippen MR) is 122 cm³/mol. The zero-order chi connectivity index (χ0) is 21.2. The molecule has 0 aliphatic rings. The monoisotopic (exact) mass is 432 g/mol. The van der Waals surface area contributed by atoms with E-state index < -0.39 is 6.04 Å². The van der Waals surface area contributed by atoms with E-state index in [1.807, 2.05) is 75.4 Å². The number of carbonyl (C=O) groups is 2. The topological polar surface area (TPSA) is 49.4 Å². The van der Waals surface area contributed by atoms with Crippen LogP contribution in [0.2, 0.25) is 5.02 Å². The molecule has 2 aromatic rings. The third-order valence-electron chi connectivity index (χ3n) is 4.42. The molecule has 2 amide bonds. The van der Waals surface area contributed by atoms with Crippen LogP contribution < -0.4 is 5.32 Å².